The van der Waals surface area contributed by atoms with Gasteiger partial charge in [-0.2, -0.15) is 0 Å². The van der Waals surface area contributed by atoms with Gasteiger partial charge in [-0.15, -0.1) is 28.5 Å². The van der Waals surface area contributed by atoms with Crippen molar-refractivity contribution in [1.82, 2.24) is 25.1 Å². The van der Waals surface area contributed by atoms with E-state index >= 15 is 0 Å². The Kier molecular flexibility index (Phi) is 4.13. The number of aryl methyl sites for hydroxylation is 1. The molecule has 0 spiro atoms. The van der Waals surface area contributed by atoms with Gasteiger partial charge in [0.15, 0.2) is 5.82 Å². The van der Waals surface area contributed by atoms with Gasteiger partial charge in [0.25, 0.3) is 0 Å². The molecule has 2 aliphatic rings. The Morgan fingerprint density at radius 3 is 2.68 bits per heavy atom. The molecule has 6 nitrogen and oxygen atoms in total. The lowest BCUT2D eigenvalue weighted by Crippen LogP contribution is -2.61. The topological polar surface area (TPSA) is 63.9 Å². The standard InChI is InChI=1S/C16H14ClN5OS2/c1-8-11(12(23)9-6-4-3-5-7-9)22-15(24)10(17)16(22)25-13(8)14-18-19-20-21(14)2/h3-7,10,13,16H,1-2H3/t10-,13?,16+/m0/s1. The zero-order valence-electron chi connectivity index (χ0n) is 13.5. The van der Waals surface area contributed by atoms with E-state index in [2.05, 4.69) is 15.5 Å². The molecular formula is C16H14ClN5OS2. The predicted molar refractivity (Wildman–Crippen MR) is 100 cm³/mol. The van der Waals surface area contributed by atoms with Crippen LogP contribution in [0.2, 0.25) is 0 Å². The second-order valence-corrected chi connectivity index (χ2v) is 8.02. The highest BCUT2D eigenvalue weighted by Gasteiger charge is 2.52. The first-order valence-corrected chi connectivity index (χ1v) is 9.45. The van der Waals surface area contributed by atoms with E-state index in [4.69, 9.17) is 23.8 Å². The molecule has 1 fully saturated rings. The number of rotatable bonds is 3. The Morgan fingerprint density at radius 1 is 1.32 bits per heavy atom. The van der Waals surface area contributed by atoms with E-state index in [0.717, 1.165) is 5.57 Å². The summed E-state index contributed by atoms with van der Waals surface area (Å²) in [6.45, 7) is 1.93. The van der Waals surface area contributed by atoms with Gasteiger partial charge in [0.1, 0.15) is 15.7 Å². The van der Waals surface area contributed by atoms with Crippen molar-refractivity contribution in [2.45, 2.75) is 22.9 Å². The quantitative estimate of drug-likeness (QED) is 0.452. The molecule has 0 radical (unpaired) electrons. The molecule has 1 aromatic carbocycles. The van der Waals surface area contributed by atoms with Crippen LogP contribution in [-0.2, 0) is 7.05 Å². The van der Waals surface area contributed by atoms with Gasteiger partial charge in [-0.3, -0.25) is 4.79 Å². The largest absolute Gasteiger partial charge is 0.317 e. The number of benzene rings is 1. The smallest absolute Gasteiger partial charge is 0.209 e. The third kappa shape index (κ3) is 2.51. The van der Waals surface area contributed by atoms with Crippen molar-refractivity contribution in [2.75, 3.05) is 0 Å². The molecule has 3 atom stereocenters. The van der Waals surface area contributed by atoms with E-state index in [1.165, 1.54) is 0 Å². The Hall–Kier alpha value is -1.77. The summed E-state index contributed by atoms with van der Waals surface area (Å²) in [4.78, 5) is 15.7. The molecule has 4 rings (SSSR count). The minimum atomic E-state index is -0.282. The monoisotopic (exact) mass is 391 g/mol. The van der Waals surface area contributed by atoms with Gasteiger partial charge < -0.3 is 4.90 Å². The van der Waals surface area contributed by atoms with Crippen LogP contribution in [0.5, 0.6) is 0 Å². The maximum atomic E-state index is 13.2. The van der Waals surface area contributed by atoms with E-state index in [1.54, 1.807) is 35.6 Å². The Labute approximate surface area is 159 Å². The van der Waals surface area contributed by atoms with Crippen molar-refractivity contribution in [2.24, 2.45) is 7.05 Å². The highest BCUT2D eigenvalue weighted by molar-refractivity contribution is 8.00. The Morgan fingerprint density at radius 2 is 2.04 bits per heavy atom. The van der Waals surface area contributed by atoms with Crippen molar-refractivity contribution in [1.29, 1.82) is 0 Å². The van der Waals surface area contributed by atoms with E-state index in [1.807, 2.05) is 30.0 Å². The highest BCUT2D eigenvalue weighted by atomic mass is 35.5. The third-order valence-electron chi connectivity index (χ3n) is 4.40. The second-order valence-electron chi connectivity index (χ2n) is 5.90. The number of hydrogen-bond donors (Lipinski definition) is 0. The summed E-state index contributed by atoms with van der Waals surface area (Å²) in [6, 6.07) is 9.19. The molecule has 0 N–H and O–H groups in total. The van der Waals surface area contributed by atoms with Crippen LogP contribution in [0, 0.1) is 0 Å². The van der Waals surface area contributed by atoms with E-state index in [9.17, 15) is 4.79 Å². The number of hydrogen-bond acceptors (Lipinski definition) is 6. The summed E-state index contributed by atoms with van der Waals surface area (Å²) in [5.74, 6) is 0.636. The maximum Gasteiger partial charge on any atom is 0.209 e. The second kappa shape index (κ2) is 6.19. The lowest BCUT2D eigenvalue weighted by molar-refractivity contribution is 0.0996. The molecule has 128 valence electrons. The van der Waals surface area contributed by atoms with Crippen LogP contribution in [0.15, 0.2) is 41.6 Å². The number of carbonyl (C=O) groups excluding carboxylic acids is 1. The Balaban J connectivity index is 1.83. The number of allylic oxidation sites excluding steroid dienone is 1. The van der Waals surface area contributed by atoms with Gasteiger partial charge in [0.2, 0.25) is 5.78 Å². The normalized spacial score (nSPS) is 25.6. The zero-order valence-corrected chi connectivity index (χ0v) is 15.8. The number of carbonyl (C=O) groups is 1. The molecule has 0 aliphatic carbocycles. The maximum absolute atomic E-state index is 13.2. The first kappa shape index (κ1) is 16.7. The molecule has 25 heavy (non-hydrogen) atoms. The van der Waals surface area contributed by atoms with E-state index < -0.39 is 0 Å². The van der Waals surface area contributed by atoms with Gasteiger partial charge in [-0.25, -0.2) is 4.68 Å². The summed E-state index contributed by atoms with van der Waals surface area (Å²) in [5.41, 5.74) is 2.10. The van der Waals surface area contributed by atoms with E-state index in [0.29, 0.717) is 22.1 Å². The number of nitrogens with zero attached hydrogens (tertiary/aromatic N) is 5. The molecule has 1 saturated heterocycles. The highest BCUT2D eigenvalue weighted by Crippen LogP contribution is 2.52. The van der Waals surface area contributed by atoms with Crippen LogP contribution in [0.1, 0.15) is 28.4 Å². The minimum Gasteiger partial charge on any atom is -0.317 e. The number of ketones is 1. The molecule has 0 bridgehead atoms. The number of thiocarbonyl (C=S) groups is 1. The molecule has 0 amide bonds. The zero-order chi connectivity index (χ0) is 17.7. The summed E-state index contributed by atoms with van der Waals surface area (Å²) in [7, 11) is 1.79. The minimum absolute atomic E-state index is 0.0607. The van der Waals surface area contributed by atoms with Crippen LogP contribution in [-0.4, -0.2) is 46.6 Å². The summed E-state index contributed by atoms with van der Waals surface area (Å²) < 4.78 is 1.63. The summed E-state index contributed by atoms with van der Waals surface area (Å²) >= 11 is 13.4. The third-order valence-corrected chi connectivity index (χ3v) is 7.17. The average molecular weight is 392 g/mol. The fraction of sp³-hybridized carbons (Fsp3) is 0.312. The van der Waals surface area contributed by atoms with Gasteiger partial charge in [-0.1, -0.05) is 42.5 Å². The number of tetrazole rings is 1. The van der Waals surface area contributed by atoms with Crippen molar-refractivity contribution in [3.63, 3.8) is 0 Å². The molecule has 0 saturated carbocycles. The molecule has 1 aromatic heterocycles. The van der Waals surface area contributed by atoms with Crippen LogP contribution >= 0.6 is 35.6 Å². The fourth-order valence-electron chi connectivity index (χ4n) is 3.08. The molecule has 1 unspecified atom stereocenters. The van der Waals surface area contributed by atoms with Gasteiger partial charge in [0, 0.05) is 12.6 Å². The fourth-order valence-corrected chi connectivity index (χ4v) is 5.49. The van der Waals surface area contributed by atoms with Crippen LogP contribution in [0.4, 0.5) is 0 Å². The molecule has 2 aromatic rings. The first-order valence-electron chi connectivity index (χ1n) is 7.66. The number of Topliss-reactive ketones (excluding diaryl/α,β-unsaturated/α-hetero) is 1. The molecule has 2 aliphatic heterocycles. The Bertz CT molecular complexity index is 897. The predicted octanol–water partition coefficient (Wildman–Crippen LogP) is 2.73. The first-order chi connectivity index (χ1) is 12.0. The molecule has 9 heteroatoms. The van der Waals surface area contributed by atoms with E-state index in [-0.39, 0.29) is 21.8 Å². The number of alkyl halides is 1. The van der Waals surface area contributed by atoms with Crippen LogP contribution in [0.25, 0.3) is 0 Å². The van der Waals surface area contributed by atoms with Crippen molar-refractivity contribution in [3.8, 4) is 0 Å². The summed E-state index contributed by atoms with van der Waals surface area (Å²) in [5, 5.41) is 11.2. The molecule has 3 heterocycles. The number of halogens is 1. The lowest BCUT2D eigenvalue weighted by Gasteiger charge is -2.51. The van der Waals surface area contributed by atoms with Crippen LogP contribution in [0.3, 0.4) is 0 Å². The lowest BCUT2D eigenvalue weighted by atomic mass is 9.98. The number of aromatic nitrogens is 4. The van der Waals surface area contributed by atoms with Gasteiger partial charge in [0.05, 0.1) is 10.9 Å². The summed E-state index contributed by atoms with van der Waals surface area (Å²) in [6.07, 6.45) is 0. The number of fused-ring (bicyclic) bond motifs is 1. The van der Waals surface area contributed by atoms with Crippen molar-refractivity contribution < 1.29 is 4.79 Å². The van der Waals surface area contributed by atoms with Crippen LogP contribution < -0.4 is 0 Å². The number of thioether (sulfide) groups is 1. The molecular weight excluding hydrogens is 378 g/mol. The van der Waals surface area contributed by atoms with Gasteiger partial charge >= 0.3 is 0 Å². The van der Waals surface area contributed by atoms with Gasteiger partial charge in [-0.05, 0) is 22.9 Å². The average Bonchev–Trinajstić information content (AvgIpc) is 3.06. The van der Waals surface area contributed by atoms with Crippen molar-refractivity contribution >= 4 is 46.4 Å². The van der Waals surface area contributed by atoms with Crippen molar-refractivity contribution in [3.05, 3.63) is 53.0 Å². The SMILES string of the molecule is CC1=C(C(=O)c2ccccc2)N2C(=S)[C@H](Cl)[C@H]2SC1c1nnnn1C.